The van der Waals surface area contributed by atoms with Crippen LogP contribution < -0.4 is 11.5 Å². The van der Waals surface area contributed by atoms with Gasteiger partial charge in [-0.3, -0.25) is 0 Å². The van der Waals surface area contributed by atoms with Crippen molar-refractivity contribution >= 4 is 0 Å². The van der Waals surface area contributed by atoms with Gasteiger partial charge in [-0.15, -0.1) is 0 Å². The molecule has 0 aromatic carbocycles. The fourth-order valence-electron chi connectivity index (χ4n) is 1.65. The van der Waals surface area contributed by atoms with Crippen molar-refractivity contribution < 1.29 is 0 Å². The van der Waals surface area contributed by atoms with Crippen LogP contribution in [0.25, 0.3) is 0 Å². The Bertz CT molecular complexity index is 104. The largest absolute Gasteiger partial charge is 0.328 e. The summed E-state index contributed by atoms with van der Waals surface area (Å²) in [4.78, 5) is 0. The molecule has 2 unspecified atom stereocenters. The molecule has 0 aliphatic rings. The second-order valence-corrected chi connectivity index (χ2v) is 4.04. The zero-order valence-electron chi connectivity index (χ0n) is 9.26. The summed E-state index contributed by atoms with van der Waals surface area (Å²) < 4.78 is 0. The highest BCUT2D eigenvalue weighted by molar-refractivity contribution is 4.70. The molecule has 0 aliphatic carbocycles. The number of nitrogens with two attached hydrogens (primary N) is 2. The second kappa shape index (κ2) is 8.52. The van der Waals surface area contributed by atoms with Crippen LogP contribution >= 0.6 is 0 Å². The second-order valence-electron chi connectivity index (χ2n) is 4.04. The molecule has 0 spiro atoms. The fourth-order valence-corrected chi connectivity index (χ4v) is 1.65. The Labute approximate surface area is 83.1 Å². The molecule has 0 radical (unpaired) electrons. The molecule has 80 valence electrons. The van der Waals surface area contributed by atoms with E-state index in [0.717, 1.165) is 19.3 Å². The summed E-state index contributed by atoms with van der Waals surface area (Å²) in [6.07, 6.45) is 8.26. The predicted octanol–water partition coefficient (Wildman–Crippen LogP) is 2.41. The van der Waals surface area contributed by atoms with Gasteiger partial charge < -0.3 is 11.5 Å². The highest BCUT2D eigenvalue weighted by Gasteiger charge is 2.07. The third-order valence-corrected chi connectivity index (χ3v) is 2.44. The maximum atomic E-state index is 5.97. The number of unbranched alkanes of at least 4 members (excludes halogenated alkanes) is 2. The minimum absolute atomic E-state index is 0.321. The Kier molecular flexibility index (Phi) is 8.46. The lowest BCUT2D eigenvalue weighted by molar-refractivity contribution is 0.458. The summed E-state index contributed by atoms with van der Waals surface area (Å²) in [6, 6.07) is 0.648. The topological polar surface area (TPSA) is 52.0 Å². The normalized spacial score (nSPS) is 15.7. The summed E-state index contributed by atoms with van der Waals surface area (Å²) >= 11 is 0. The highest BCUT2D eigenvalue weighted by atomic mass is 14.7. The number of rotatable bonds is 8. The van der Waals surface area contributed by atoms with Gasteiger partial charge in [0.2, 0.25) is 0 Å². The van der Waals surface area contributed by atoms with Crippen molar-refractivity contribution in [2.24, 2.45) is 11.5 Å². The van der Waals surface area contributed by atoms with Gasteiger partial charge in [-0.25, -0.2) is 0 Å². The zero-order chi connectivity index (χ0) is 10.1. The van der Waals surface area contributed by atoms with Crippen molar-refractivity contribution in [2.45, 2.75) is 70.9 Å². The molecule has 0 bridgehead atoms. The molecular formula is C11H26N2. The summed E-state index contributed by atoms with van der Waals surface area (Å²) in [5.41, 5.74) is 11.9. The molecule has 0 amide bonds. The van der Waals surface area contributed by atoms with Crippen molar-refractivity contribution in [1.82, 2.24) is 0 Å². The Morgan fingerprint density at radius 2 is 1.46 bits per heavy atom. The van der Waals surface area contributed by atoms with Crippen LogP contribution in [0, 0.1) is 0 Å². The van der Waals surface area contributed by atoms with E-state index in [1.54, 1.807) is 0 Å². The monoisotopic (exact) mass is 186 g/mol. The molecule has 2 nitrogen and oxygen atoms in total. The Morgan fingerprint density at radius 1 is 0.846 bits per heavy atom. The Morgan fingerprint density at radius 3 is 2.00 bits per heavy atom. The Hall–Kier alpha value is -0.0800. The van der Waals surface area contributed by atoms with Crippen LogP contribution in [0.5, 0.6) is 0 Å². The average molecular weight is 186 g/mol. The van der Waals surface area contributed by atoms with E-state index in [-0.39, 0.29) is 0 Å². The van der Waals surface area contributed by atoms with Crippen LogP contribution in [0.2, 0.25) is 0 Å². The van der Waals surface area contributed by atoms with Gasteiger partial charge in [-0.1, -0.05) is 39.5 Å². The SMILES string of the molecule is CCCCCC(N)CC(N)CCC. The van der Waals surface area contributed by atoms with E-state index in [2.05, 4.69) is 13.8 Å². The van der Waals surface area contributed by atoms with Crippen molar-refractivity contribution in [1.29, 1.82) is 0 Å². The molecule has 0 saturated carbocycles. The molecule has 0 rings (SSSR count). The van der Waals surface area contributed by atoms with Crippen LogP contribution in [0.4, 0.5) is 0 Å². The van der Waals surface area contributed by atoms with Gasteiger partial charge in [0, 0.05) is 12.1 Å². The summed E-state index contributed by atoms with van der Waals surface area (Å²) in [5, 5.41) is 0. The van der Waals surface area contributed by atoms with E-state index in [0.29, 0.717) is 12.1 Å². The van der Waals surface area contributed by atoms with E-state index in [1.807, 2.05) is 0 Å². The van der Waals surface area contributed by atoms with Crippen molar-refractivity contribution in [3.63, 3.8) is 0 Å². The molecule has 4 N–H and O–H groups in total. The van der Waals surface area contributed by atoms with Gasteiger partial charge in [0.05, 0.1) is 0 Å². The quantitative estimate of drug-likeness (QED) is 0.572. The van der Waals surface area contributed by atoms with Crippen LogP contribution in [0.15, 0.2) is 0 Å². The van der Waals surface area contributed by atoms with Crippen LogP contribution in [0.3, 0.4) is 0 Å². The van der Waals surface area contributed by atoms with Crippen molar-refractivity contribution in [3.8, 4) is 0 Å². The first-order chi connectivity index (χ1) is 6.20. The van der Waals surface area contributed by atoms with Gasteiger partial charge in [0.25, 0.3) is 0 Å². The van der Waals surface area contributed by atoms with E-state index in [9.17, 15) is 0 Å². The van der Waals surface area contributed by atoms with Gasteiger partial charge in [-0.2, -0.15) is 0 Å². The molecule has 0 aromatic heterocycles. The van der Waals surface area contributed by atoms with Gasteiger partial charge in [0.1, 0.15) is 0 Å². The van der Waals surface area contributed by atoms with Crippen LogP contribution in [-0.2, 0) is 0 Å². The molecule has 13 heavy (non-hydrogen) atoms. The standard InChI is InChI=1S/C11H26N2/c1-3-5-6-8-11(13)9-10(12)7-4-2/h10-11H,3-9,12-13H2,1-2H3. The van der Waals surface area contributed by atoms with Crippen LogP contribution in [-0.4, -0.2) is 12.1 Å². The van der Waals surface area contributed by atoms with E-state index < -0.39 is 0 Å². The average Bonchev–Trinajstić information content (AvgIpc) is 2.05. The number of hydrogen-bond acceptors (Lipinski definition) is 2. The molecule has 2 atom stereocenters. The van der Waals surface area contributed by atoms with Crippen molar-refractivity contribution in [2.75, 3.05) is 0 Å². The predicted molar refractivity (Wildman–Crippen MR) is 59.6 cm³/mol. The molecular weight excluding hydrogens is 160 g/mol. The first kappa shape index (κ1) is 12.9. The first-order valence-electron chi connectivity index (χ1n) is 5.71. The lowest BCUT2D eigenvalue weighted by Crippen LogP contribution is -2.31. The van der Waals surface area contributed by atoms with Gasteiger partial charge in [-0.05, 0) is 19.3 Å². The molecule has 0 saturated heterocycles. The minimum atomic E-state index is 0.321. The van der Waals surface area contributed by atoms with E-state index >= 15 is 0 Å². The maximum Gasteiger partial charge on any atom is 0.00535 e. The lowest BCUT2D eigenvalue weighted by Gasteiger charge is -2.16. The molecule has 0 fully saturated rings. The van der Waals surface area contributed by atoms with Crippen LogP contribution in [0.1, 0.15) is 58.8 Å². The first-order valence-corrected chi connectivity index (χ1v) is 5.71. The third kappa shape index (κ3) is 8.26. The summed E-state index contributed by atoms with van der Waals surface area (Å²) in [7, 11) is 0. The zero-order valence-corrected chi connectivity index (χ0v) is 9.26. The molecule has 0 aromatic rings. The summed E-state index contributed by atoms with van der Waals surface area (Å²) in [5.74, 6) is 0. The highest BCUT2D eigenvalue weighted by Crippen LogP contribution is 2.08. The van der Waals surface area contributed by atoms with Gasteiger partial charge >= 0.3 is 0 Å². The lowest BCUT2D eigenvalue weighted by atomic mass is 10.00. The minimum Gasteiger partial charge on any atom is -0.328 e. The molecule has 0 aliphatic heterocycles. The van der Waals surface area contributed by atoms with E-state index in [4.69, 9.17) is 11.5 Å². The maximum absolute atomic E-state index is 5.97. The third-order valence-electron chi connectivity index (χ3n) is 2.44. The molecule has 0 heterocycles. The Balaban J connectivity index is 3.32. The van der Waals surface area contributed by atoms with Crippen molar-refractivity contribution in [3.05, 3.63) is 0 Å². The number of hydrogen-bond donors (Lipinski definition) is 2. The smallest absolute Gasteiger partial charge is 0.00535 e. The van der Waals surface area contributed by atoms with Gasteiger partial charge in [0.15, 0.2) is 0 Å². The fraction of sp³-hybridized carbons (Fsp3) is 1.00. The molecule has 2 heteroatoms. The van der Waals surface area contributed by atoms with E-state index in [1.165, 1.54) is 25.7 Å². The summed E-state index contributed by atoms with van der Waals surface area (Å²) in [6.45, 7) is 4.39.